The van der Waals surface area contributed by atoms with Crippen molar-refractivity contribution in [2.24, 2.45) is 0 Å². The predicted octanol–water partition coefficient (Wildman–Crippen LogP) is 1.53. The van der Waals surface area contributed by atoms with Crippen molar-refractivity contribution in [3.63, 3.8) is 0 Å². The van der Waals surface area contributed by atoms with Gasteiger partial charge in [-0.2, -0.15) is 0 Å². The number of aromatic nitrogens is 1. The van der Waals surface area contributed by atoms with Gasteiger partial charge in [0.05, 0.1) is 0 Å². The average molecular weight is 302 g/mol. The van der Waals surface area contributed by atoms with E-state index in [9.17, 15) is 8.42 Å². The Kier molecular flexibility index (Phi) is 4.58. The first-order valence-corrected chi connectivity index (χ1v) is 7.66. The van der Waals surface area contributed by atoms with Gasteiger partial charge in [-0.05, 0) is 30.7 Å². The van der Waals surface area contributed by atoms with Gasteiger partial charge in [-0.3, -0.25) is 4.72 Å². The van der Waals surface area contributed by atoms with E-state index in [1.807, 2.05) is 0 Å². The molecule has 108 valence electrons. The standard InChI is InChI=1S/C15H14N2O3S/c1-12-6-4-10-16-15(12)17-21(19,20)14-9-3-2-7-13(14)8-5-11-18/h2-4,6-7,9-10,18H,11H2,1H3,(H,16,17). The zero-order valence-corrected chi connectivity index (χ0v) is 12.2. The highest BCUT2D eigenvalue weighted by atomic mass is 32.2. The van der Waals surface area contributed by atoms with E-state index in [1.165, 1.54) is 12.3 Å². The predicted molar refractivity (Wildman–Crippen MR) is 80.2 cm³/mol. The highest BCUT2D eigenvalue weighted by molar-refractivity contribution is 7.92. The van der Waals surface area contributed by atoms with Gasteiger partial charge in [-0.1, -0.05) is 30.0 Å². The molecule has 2 N–H and O–H groups in total. The Morgan fingerprint density at radius 3 is 2.71 bits per heavy atom. The van der Waals surface area contributed by atoms with E-state index in [-0.39, 0.29) is 17.3 Å². The lowest BCUT2D eigenvalue weighted by Crippen LogP contribution is -2.16. The van der Waals surface area contributed by atoms with Crippen LogP contribution in [0.3, 0.4) is 0 Å². The number of anilines is 1. The normalized spacial score (nSPS) is 10.6. The monoisotopic (exact) mass is 302 g/mol. The molecule has 2 rings (SSSR count). The van der Waals surface area contributed by atoms with E-state index in [0.29, 0.717) is 5.56 Å². The molecule has 0 spiro atoms. The smallest absolute Gasteiger partial charge is 0.264 e. The average Bonchev–Trinajstić information content (AvgIpc) is 2.47. The minimum atomic E-state index is -3.79. The second-order valence-corrected chi connectivity index (χ2v) is 5.88. The zero-order chi connectivity index (χ0) is 15.3. The van der Waals surface area contributed by atoms with Gasteiger partial charge < -0.3 is 5.11 Å². The van der Waals surface area contributed by atoms with Gasteiger partial charge in [0.1, 0.15) is 17.3 Å². The molecule has 1 aromatic heterocycles. The van der Waals surface area contributed by atoms with E-state index in [1.54, 1.807) is 37.3 Å². The topological polar surface area (TPSA) is 79.3 Å². The number of aliphatic hydroxyl groups excluding tert-OH is 1. The molecule has 0 unspecified atom stereocenters. The maximum absolute atomic E-state index is 12.5. The van der Waals surface area contributed by atoms with E-state index < -0.39 is 10.0 Å². The number of pyridine rings is 1. The number of aryl methyl sites for hydroxylation is 1. The first-order valence-electron chi connectivity index (χ1n) is 6.18. The van der Waals surface area contributed by atoms with Crippen LogP contribution in [0, 0.1) is 18.8 Å². The molecule has 1 heterocycles. The first-order chi connectivity index (χ1) is 10.0. The Balaban J connectivity index is 2.43. The van der Waals surface area contributed by atoms with Crippen LogP contribution in [0.2, 0.25) is 0 Å². The molecular formula is C15H14N2O3S. The molecule has 0 saturated heterocycles. The van der Waals surface area contributed by atoms with Gasteiger partial charge >= 0.3 is 0 Å². The molecule has 6 heteroatoms. The summed E-state index contributed by atoms with van der Waals surface area (Å²) in [6, 6.07) is 9.84. The third-order valence-electron chi connectivity index (χ3n) is 2.72. The minimum Gasteiger partial charge on any atom is -0.384 e. The fraction of sp³-hybridized carbons (Fsp3) is 0.133. The number of rotatable bonds is 3. The molecule has 21 heavy (non-hydrogen) atoms. The SMILES string of the molecule is Cc1cccnc1NS(=O)(=O)c1ccccc1C#CCO. The van der Waals surface area contributed by atoms with Gasteiger partial charge in [0.2, 0.25) is 0 Å². The van der Waals surface area contributed by atoms with E-state index >= 15 is 0 Å². The van der Waals surface area contributed by atoms with Crippen molar-refractivity contribution in [1.82, 2.24) is 4.98 Å². The quantitative estimate of drug-likeness (QED) is 0.843. The summed E-state index contributed by atoms with van der Waals surface area (Å²) in [5.74, 6) is 5.36. The largest absolute Gasteiger partial charge is 0.384 e. The Morgan fingerprint density at radius 2 is 2.00 bits per heavy atom. The molecule has 0 aliphatic carbocycles. The second kappa shape index (κ2) is 6.39. The van der Waals surface area contributed by atoms with Crippen LogP contribution in [0.5, 0.6) is 0 Å². The molecule has 0 aliphatic heterocycles. The molecule has 0 fully saturated rings. The minimum absolute atomic E-state index is 0.0519. The van der Waals surface area contributed by atoms with Crippen LogP contribution >= 0.6 is 0 Å². The van der Waals surface area contributed by atoms with Gasteiger partial charge in [0.25, 0.3) is 10.0 Å². The summed E-state index contributed by atoms with van der Waals surface area (Å²) in [5, 5.41) is 8.74. The molecule has 0 atom stereocenters. The fourth-order valence-electron chi connectivity index (χ4n) is 1.71. The summed E-state index contributed by atoms with van der Waals surface area (Å²) < 4.78 is 27.4. The van der Waals surface area contributed by atoms with Crippen molar-refractivity contribution >= 4 is 15.8 Å². The van der Waals surface area contributed by atoms with Crippen molar-refractivity contribution in [3.05, 3.63) is 53.7 Å². The molecule has 0 aliphatic rings. The Labute approximate surface area is 123 Å². The number of aliphatic hydroxyl groups is 1. The maximum atomic E-state index is 12.5. The number of hydrogen-bond donors (Lipinski definition) is 2. The Bertz CT molecular complexity index is 805. The Hall–Kier alpha value is -2.36. The number of hydrogen-bond acceptors (Lipinski definition) is 4. The first kappa shape index (κ1) is 15.0. The highest BCUT2D eigenvalue weighted by Gasteiger charge is 2.18. The number of sulfonamides is 1. The van der Waals surface area contributed by atoms with E-state index in [2.05, 4.69) is 21.5 Å². The second-order valence-electron chi connectivity index (χ2n) is 4.23. The molecular weight excluding hydrogens is 288 g/mol. The number of nitrogens with one attached hydrogen (secondary N) is 1. The maximum Gasteiger partial charge on any atom is 0.264 e. The zero-order valence-electron chi connectivity index (χ0n) is 11.4. The molecule has 0 saturated carbocycles. The van der Waals surface area contributed by atoms with E-state index in [0.717, 1.165) is 5.56 Å². The third-order valence-corrected chi connectivity index (χ3v) is 4.12. The van der Waals surface area contributed by atoms with E-state index in [4.69, 9.17) is 5.11 Å². The molecule has 1 aromatic carbocycles. The fourth-order valence-corrected chi connectivity index (χ4v) is 2.96. The van der Waals surface area contributed by atoms with Crippen molar-refractivity contribution in [2.75, 3.05) is 11.3 Å². The van der Waals surface area contributed by atoms with Crippen molar-refractivity contribution < 1.29 is 13.5 Å². The van der Waals surface area contributed by atoms with Gasteiger partial charge in [0.15, 0.2) is 0 Å². The van der Waals surface area contributed by atoms with Crippen molar-refractivity contribution in [3.8, 4) is 11.8 Å². The summed E-state index contributed by atoms with van der Waals surface area (Å²) in [7, 11) is -3.79. The Morgan fingerprint density at radius 1 is 1.24 bits per heavy atom. The summed E-state index contributed by atoms with van der Waals surface area (Å²) in [4.78, 5) is 4.07. The van der Waals surface area contributed by atoms with Crippen molar-refractivity contribution in [1.29, 1.82) is 0 Å². The van der Waals surface area contributed by atoms with Crippen LogP contribution in [-0.2, 0) is 10.0 Å². The van der Waals surface area contributed by atoms with Gasteiger partial charge in [0, 0.05) is 11.8 Å². The lowest BCUT2D eigenvalue weighted by molar-refractivity contribution is 0.350. The van der Waals surface area contributed by atoms with Gasteiger partial charge in [-0.25, -0.2) is 13.4 Å². The summed E-state index contributed by atoms with van der Waals surface area (Å²) >= 11 is 0. The molecule has 0 bridgehead atoms. The van der Waals surface area contributed by atoms with Crippen LogP contribution < -0.4 is 4.72 Å². The highest BCUT2D eigenvalue weighted by Crippen LogP contribution is 2.19. The van der Waals surface area contributed by atoms with Gasteiger partial charge in [-0.15, -0.1) is 0 Å². The third kappa shape index (κ3) is 3.60. The summed E-state index contributed by atoms with van der Waals surface area (Å²) in [5.41, 5.74) is 1.05. The lowest BCUT2D eigenvalue weighted by Gasteiger charge is -2.10. The van der Waals surface area contributed by atoms with Crippen LogP contribution in [0.1, 0.15) is 11.1 Å². The van der Waals surface area contributed by atoms with Crippen LogP contribution in [0.25, 0.3) is 0 Å². The molecule has 0 amide bonds. The number of benzene rings is 1. The summed E-state index contributed by atoms with van der Waals surface area (Å²) in [6.07, 6.45) is 1.52. The molecule has 5 nitrogen and oxygen atoms in total. The number of nitrogens with zero attached hydrogens (tertiary/aromatic N) is 1. The van der Waals surface area contributed by atoms with Crippen molar-refractivity contribution in [2.45, 2.75) is 11.8 Å². The van der Waals surface area contributed by atoms with Crippen LogP contribution in [0.4, 0.5) is 5.82 Å². The summed E-state index contributed by atoms with van der Waals surface area (Å²) in [6.45, 7) is 1.43. The molecule has 0 radical (unpaired) electrons. The van der Waals surface area contributed by atoms with Crippen LogP contribution in [0.15, 0.2) is 47.5 Å². The molecule has 2 aromatic rings. The lowest BCUT2D eigenvalue weighted by atomic mass is 10.2. The van der Waals surface area contributed by atoms with Crippen LogP contribution in [-0.4, -0.2) is 25.1 Å².